The van der Waals surface area contributed by atoms with Gasteiger partial charge in [0.2, 0.25) is 0 Å². The molecule has 0 aliphatic rings. The summed E-state index contributed by atoms with van der Waals surface area (Å²) < 4.78 is 4.47. The molecule has 0 aliphatic carbocycles. The highest BCUT2D eigenvalue weighted by Crippen LogP contribution is 2.09. The lowest BCUT2D eigenvalue weighted by atomic mass is 10.1. The molecule has 0 aromatic rings. The molecular weight excluding hydrogens is 156 g/mol. The smallest absolute Gasteiger partial charge is 0.336 e. The molecule has 0 radical (unpaired) electrons. The minimum atomic E-state index is -0.436. The van der Waals surface area contributed by atoms with E-state index in [0.29, 0.717) is 12.0 Å². The van der Waals surface area contributed by atoms with Crippen LogP contribution in [-0.4, -0.2) is 18.2 Å². The quantitative estimate of drug-likeness (QED) is 0.299. The average molecular weight is 172 g/mol. The molecule has 0 fully saturated rings. The van der Waals surface area contributed by atoms with E-state index in [9.17, 15) is 4.79 Å². The predicted octanol–water partition coefficient (Wildman–Crippen LogP) is 2.18. The Bertz CT molecular complexity index is 161. The fraction of sp³-hybridized carbons (Fsp3) is 0.667. The second-order valence-corrected chi connectivity index (χ2v) is 2.60. The van der Waals surface area contributed by atoms with E-state index in [4.69, 9.17) is 5.11 Å². The van der Waals surface area contributed by atoms with Crippen molar-refractivity contribution in [3.63, 3.8) is 0 Å². The number of carbonyl (C=O) groups excluding carboxylic acids is 1. The van der Waals surface area contributed by atoms with E-state index in [-0.39, 0.29) is 0 Å². The van der Waals surface area contributed by atoms with Crippen molar-refractivity contribution in [3.8, 4) is 0 Å². The first kappa shape index (κ1) is 11.0. The number of unbranched alkanes of at least 4 members (excludes halogenated alkanes) is 2. The van der Waals surface area contributed by atoms with Crippen LogP contribution in [0.2, 0.25) is 0 Å². The Morgan fingerprint density at radius 3 is 2.58 bits per heavy atom. The summed E-state index contributed by atoms with van der Waals surface area (Å²) in [7, 11) is 1.31. The standard InChI is InChI=1S/C9H16O3/c1-3-4-5-6-8(7-10)9(11)12-2/h7,10H,3-6H2,1-2H3. The van der Waals surface area contributed by atoms with Crippen LogP contribution in [0.5, 0.6) is 0 Å². The molecule has 12 heavy (non-hydrogen) atoms. The topological polar surface area (TPSA) is 46.5 Å². The van der Waals surface area contributed by atoms with Crippen molar-refractivity contribution in [1.82, 2.24) is 0 Å². The summed E-state index contributed by atoms with van der Waals surface area (Å²) in [6.07, 6.45) is 4.50. The molecule has 0 bridgehead atoms. The molecule has 0 aromatic carbocycles. The highest BCUT2D eigenvalue weighted by atomic mass is 16.5. The lowest BCUT2D eigenvalue weighted by Crippen LogP contribution is -2.04. The number of hydrogen-bond donors (Lipinski definition) is 1. The number of aliphatic hydroxyl groups excluding tert-OH is 1. The Hall–Kier alpha value is -0.990. The molecule has 0 aromatic heterocycles. The van der Waals surface area contributed by atoms with Gasteiger partial charge in [0, 0.05) is 0 Å². The first-order chi connectivity index (χ1) is 5.76. The number of esters is 1. The highest BCUT2D eigenvalue weighted by Gasteiger charge is 2.08. The Kier molecular flexibility index (Phi) is 6.15. The Morgan fingerprint density at radius 2 is 2.17 bits per heavy atom. The molecular formula is C9H16O3. The third-order valence-corrected chi connectivity index (χ3v) is 1.65. The summed E-state index contributed by atoms with van der Waals surface area (Å²) in [6.45, 7) is 2.08. The maximum Gasteiger partial charge on any atom is 0.336 e. The number of hydrogen-bond acceptors (Lipinski definition) is 3. The van der Waals surface area contributed by atoms with Crippen molar-refractivity contribution >= 4 is 5.97 Å². The summed E-state index contributed by atoms with van der Waals surface area (Å²) in [4.78, 5) is 10.9. The molecule has 0 aliphatic heterocycles. The third kappa shape index (κ3) is 4.01. The van der Waals surface area contributed by atoms with Gasteiger partial charge in [0.05, 0.1) is 18.9 Å². The van der Waals surface area contributed by atoms with Gasteiger partial charge in [-0.2, -0.15) is 0 Å². The summed E-state index contributed by atoms with van der Waals surface area (Å²) >= 11 is 0. The molecule has 0 saturated carbocycles. The number of rotatable bonds is 5. The van der Waals surface area contributed by atoms with Crippen molar-refractivity contribution in [1.29, 1.82) is 0 Å². The Morgan fingerprint density at radius 1 is 1.50 bits per heavy atom. The second kappa shape index (κ2) is 6.70. The van der Waals surface area contributed by atoms with Crippen molar-refractivity contribution in [2.45, 2.75) is 32.6 Å². The third-order valence-electron chi connectivity index (χ3n) is 1.65. The largest absolute Gasteiger partial charge is 0.515 e. The number of aliphatic hydroxyl groups is 1. The molecule has 0 rings (SSSR count). The zero-order valence-corrected chi connectivity index (χ0v) is 7.67. The first-order valence-electron chi connectivity index (χ1n) is 4.17. The zero-order valence-electron chi connectivity index (χ0n) is 7.67. The van der Waals surface area contributed by atoms with Gasteiger partial charge < -0.3 is 9.84 Å². The monoisotopic (exact) mass is 172 g/mol. The fourth-order valence-corrected chi connectivity index (χ4v) is 0.916. The molecule has 0 spiro atoms. The maximum absolute atomic E-state index is 10.9. The van der Waals surface area contributed by atoms with Gasteiger partial charge in [-0.3, -0.25) is 0 Å². The number of carbonyl (C=O) groups is 1. The van der Waals surface area contributed by atoms with Crippen LogP contribution in [0.4, 0.5) is 0 Å². The van der Waals surface area contributed by atoms with Crippen molar-refractivity contribution in [2.75, 3.05) is 7.11 Å². The van der Waals surface area contributed by atoms with Gasteiger partial charge >= 0.3 is 5.97 Å². The van der Waals surface area contributed by atoms with Gasteiger partial charge in [0.1, 0.15) is 0 Å². The second-order valence-electron chi connectivity index (χ2n) is 2.60. The van der Waals surface area contributed by atoms with Gasteiger partial charge in [-0.05, 0) is 12.8 Å². The normalized spacial score (nSPS) is 11.3. The minimum Gasteiger partial charge on any atom is -0.515 e. The van der Waals surface area contributed by atoms with Crippen LogP contribution < -0.4 is 0 Å². The summed E-state index contributed by atoms with van der Waals surface area (Å²) in [5.74, 6) is -0.436. The van der Waals surface area contributed by atoms with E-state index in [0.717, 1.165) is 25.5 Å². The van der Waals surface area contributed by atoms with Gasteiger partial charge in [0.15, 0.2) is 0 Å². The van der Waals surface area contributed by atoms with Gasteiger partial charge in [-0.15, -0.1) is 0 Å². The van der Waals surface area contributed by atoms with Crippen molar-refractivity contribution in [2.24, 2.45) is 0 Å². The van der Waals surface area contributed by atoms with E-state index >= 15 is 0 Å². The molecule has 3 nitrogen and oxygen atoms in total. The molecule has 0 saturated heterocycles. The van der Waals surface area contributed by atoms with Gasteiger partial charge in [0.25, 0.3) is 0 Å². The molecule has 0 atom stereocenters. The Balaban J connectivity index is 3.77. The average Bonchev–Trinajstić information content (AvgIpc) is 2.11. The predicted molar refractivity (Wildman–Crippen MR) is 46.9 cm³/mol. The van der Waals surface area contributed by atoms with Crippen LogP contribution >= 0.6 is 0 Å². The van der Waals surface area contributed by atoms with Crippen LogP contribution in [0.25, 0.3) is 0 Å². The highest BCUT2D eigenvalue weighted by molar-refractivity contribution is 5.87. The van der Waals surface area contributed by atoms with Crippen LogP contribution in [-0.2, 0) is 9.53 Å². The van der Waals surface area contributed by atoms with Crippen LogP contribution in [0, 0.1) is 0 Å². The number of methoxy groups -OCH3 is 1. The van der Waals surface area contributed by atoms with Crippen LogP contribution in [0.3, 0.4) is 0 Å². The maximum atomic E-state index is 10.9. The molecule has 0 unspecified atom stereocenters. The fourth-order valence-electron chi connectivity index (χ4n) is 0.916. The van der Waals surface area contributed by atoms with E-state index in [1.807, 2.05) is 0 Å². The van der Waals surface area contributed by atoms with Gasteiger partial charge in [-0.25, -0.2) is 4.79 Å². The summed E-state index contributed by atoms with van der Waals surface area (Å²) in [5, 5.41) is 8.66. The molecule has 3 heteroatoms. The zero-order chi connectivity index (χ0) is 9.40. The van der Waals surface area contributed by atoms with Crippen LogP contribution in [0.15, 0.2) is 11.8 Å². The summed E-state index contributed by atoms with van der Waals surface area (Å²) in [5.41, 5.74) is 0.353. The van der Waals surface area contributed by atoms with Gasteiger partial charge in [-0.1, -0.05) is 19.8 Å². The Labute approximate surface area is 73.0 Å². The van der Waals surface area contributed by atoms with E-state index < -0.39 is 5.97 Å². The molecule has 1 N–H and O–H groups in total. The summed E-state index contributed by atoms with van der Waals surface area (Å²) in [6, 6.07) is 0. The van der Waals surface area contributed by atoms with E-state index in [1.165, 1.54) is 7.11 Å². The van der Waals surface area contributed by atoms with Crippen LogP contribution in [0.1, 0.15) is 32.6 Å². The SMILES string of the molecule is CCCCCC(=CO)C(=O)OC. The number of ether oxygens (including phenoxy) is 1. The van der Waals surface area contributed by atoms with E-state index in [1.54, 1.807) is 0 Å². The lowest BCUT2D eigenvalue weighted by molar-refractivity contribution is -0.136. The lowest BCUT2D eigenvalue weighted by Gasteiger charge is -2.02. The minimum absolute atomic E-state index is 0.353. The molecule has 0 heterocycles. The van der Waals surface area contributed by atoms with E-state index in [2.05, 4.69) is 11.7 Å². The van der Waals surface area contributed by atoms with Crippen molar-refractivity contribution < 1.29 is 14.6 Å². The first-order valence-corrected chi connectivity index (χ1v) is 4.17. The molecule has 70 valence electrons. The van der Waals surface area contributed by atoms with Crippen molar-refractivity contribution in [3.05, 3.63) is 11.8 Å². The molecule has 0 amide bonds.